The first-order valence-electron chi connectivity index (χ1n) is 25.0. The van der Waals surface area contributed by atoms with Gasteiger partial charge in [0, 0.05) is 13.0 Å². The first-order chi connectivity index (χ1) is 32.1. The van der Waals surface area contributed by atoms with E-state index in [1.807, 2.05) is 0 Å². The molecular weight excluding hydrogens is 861 g/mol. The van der Waals surface area contributed by atoms with Gasteiger partial charge in [-0.1, -0.05) is 162 Å². The number of hydrogen-bond acceptors (Lipinski definition) is 11. The normalized spacial score (nSPS) is 20.4. The molecule has 4 N–H and O–H groups in total. The minimum Gasteiger partial charge on any atom is -0.457 e. The molecule has 0 bridgehead atoms. The molecule has 1 aliphatic rings. The van der Waals surface area contributed by atoms with Crippen LogP contribution >= 0.6 is 0 Å². The summed E-state index contributed by atoms with van der Waals surface area (Å²) in [5.74, 6) is -0.428. The molecule has 1 fully saturated rings. The molecule has 13 heteroatoms. The van der Waals surface area contributed by atoms with E-state index in [9.17, 15) is 33.1 Å². The van der Waals surface area contributed by atoms with Gasteiger partial charge in [-0.3, -0.25) is 9.35 Å². The largest absolute Gasteiger partial charge is 0.457 e. The molecule has 0 aromatic carbocycles. The fourth-order valence-electron chi connectivity index (χ4n) is 6.94. The number of carbonyl (C=O) groups excluding carboxylic acids is 1. The van der Waals surface area contributed by atoms with E-state index in [4.69, 9.17) is 18.9 Å². The number of allylic oxidation sites excluding steroid dienone is 16. The highest BCUT2D eigenvalue weighted by molar-refractivity contribution is 7.80. The van der Waals surface area contributed by atoms with Gasteiger partial charge in [0.15, 0.2) is 6.29 Å². The lowest BCUT2D eigenvalue weighted by Crippen LogP contribution is -2.60. The first kappa shape index (κ1) is 61.0. The van der Waals surface area contributed by atoms with E-state index in [2.05, 4.69) is 115 Å². The second-order valence-electron chi connectivity index (χ2n) is 16.7. The molecule has 0 spiro atoms. The summed E-state index contributed by atoms with van der Waals surface area (Å²) in [6.45, 7) is 3.73. The van der Waals surface area contributed by atoms with E-state index in [0.29, 0.717) is 13.0 Å². The molecule has 12 nitrogen and oxygen atoms in total. The number of unbranched alkanes of at least 4 members (excludes halogenated alkanes) is 13. The number of aliphatic hydroxyl groups excluding tert-OH is 3. The average molecular weight is 949 g/mol. The van der Waals surface area contributed by atoms with Crippen molar-refractivity contribution in [2.24, 2.45) is 0 Å². The summed E-state index contributed by atoms with van der Waals surface area (Å²) in [4.78, 5) is 12.9. The molecule has 1 saturated heterocycles. The molecule has 0 aromatic rings. The lowest BCUT2D eigenvalue weighted by atomic mass is 9.99. The molecular formula is C53H88O12S. The van der Waals surface area contributed by atoms with Crippen LogP contribution in [0.4, 0.5) is 0 Å². The van der Waals surface area contributed by atoms with Crippen LogP contribution in [-0.4, -0.2) is 97.5 Å². The van der Waals surface area contributed by atoms with E-state index in [0.717, 1.165) is 103 Å². The maximum atomic E-state index is 12.9. The van der Waals surface area contributed by atoms with Crippen molar-refractivity contribution in [1.82, 2.24) is 0 Å². The van der Waals surface area contributed by atoms with Gasteiger partial charge in [-0.2, -0.15) is 8.42 Å². The summed E-state index contributed by atoms with van der Waals surface area (Å²) in [6.07, 6.45) is 50.1. The maximum absolute atomic E-state index is 12.9. The SMILES string of the molecule is CC/C=C\C/C=C\C/C=C\C/C=C\C/C=C\C/C=C\C/C=C\CCCCOCC(COC1OC(CO)C(O)C(OS(=O)(=O)O)C1O)OC(=O)CCCCCCC/C=C\CCCCCCCC. The highest BCUT2D eigenvalue weighted by atomic mass is 32.3. The summed E-state index contributed by atoms with van der Waals surface area (Å²) >= 11 is 0. The Hall–Kier alpha value is -2.98. The summed E-state index contributed by atoms with van der Waals surface area (Å²) < 4.78 is 59.1. The maximum Gasteiger partial charge on any atom is 0.397 e. The molecule has 0 aliphatic carbocycles. The minimum atomic E-state index is -5.08. The number of ether oxygens (including phenoxy) is 4. The van der Waals surface area contributed by atoms with Gasteiger partial charge in [-0.15, -0.1) is 0 Å². The molecule has 66 heavy (non-hydrogen) atoms. The Balaban J connectivity index is 2.43. The van der Waals surface area contributed by atoms with Crippen molar-refractivity contribution >= 4 is 16.4 Å². The van der Waals surface area contributed by atoms with Crippen LogP contribution in [0.1, 0.15) is 168 Å². The lowest BCUT2D eigenvalue weighted by Gasteiger charge is -2.41. The Bertz CT molecular complexity index is 1520. The van der Waals surface area contributed by atoms with Gasteiger partial charge in [0.25, 0.3) is 0 Å². The summed E-state index contributed by atoms with van der Waals surface area (Å²) in [7, 11) is -5.08. The Labute approximate surface area is 399 Å². The Morgan fingerprint density at radius 2 is 1.05 bits per heavy atom. The fraction of sp³-hybridized carbons (Fsp3) is 0.679. The van der Waals surface area contributed by atoms with Gasteiger partial charge in [-0.05, 0) is 96.3 Å². The highest BCUT2D eigenvalue weighted by Crippen LogP contribution is 2.26. The Morgan fingerprint density at radius 1 is 0.591 bits per heavy atom. The van der Waals surface area contributed by atoms with E-state index in [-0.39, 0.29) is 19.6 Å². The third-order valence-corrected chi connectivity index (χ3v) is 11.2. The second-order valence-corrected chi connectivity index (χ2v) is 17.7. The molecule has 0 amide bonds. The molecule has 6 unspecified atom stereocenters. The zero-order chi connectivity index (χ0) is 48.2. The summed E-state index contributed by atoms with van der Waals surface area (Å²) in [5, 5.41) is 30.7. The summed E-state index contributed by atoms with van der Waals surface area (Å²) in [6, 6.07) is 0. The molecule has 378 valence electrons. The van der Waals surface area contributed by atoms with Crippen molar-refractivity contribution in [3.05, 3.63) is 97.2 Å². The standard InChI is InChI=1S/C53H88O12S/c1-3-5-7-9-11-13-15-17-19-20-21-22-23-24-25-26-27-29-31-33-35-37-39-41-43-61-45-47(46-62-53-51(57)52(65-66(58,59)60)50(56)48(44-54)64-53)63-49(55)42-40-38-36-34-32-30-28-18-16-14-12-10-8-6-4-2/h5,7,11,13,17-19,21-22,24-25,27-29,33,35,47-48,50-54,56-57H,3-4,6,8-10,12,14-16,20,23,26,30-32,34,36-46H2,1-2H3,(H,58,59,60)/b7-5-,13-11-,19-17-,22-21-,25-24-,28-18-,29-27-,35-33-. The van der Waals surface area contributed by atoms with Gasteiger partial charge in [0.05, 0.1) is 19.8 Å². The van der Waals surface area contributed by atoms with Crippen LogP contribution in [0.25, 0.3) is 0 Å². The van der Waals surface area contributed by atoms with Crippen LogP contribution in [-0.2, 0) is 38.3 Å². The van der Waals surface area contributed by atoms with E-state index in [1.54, 1.807) is 0 Å². The Morgan fingerprint density at radius 3 is 1.55 bits per heavy atom. The van der Waals surface area contributed by atoms with Crippen LogP contribution in [0.5, 0.6) is 0 Å². The molecule has 1 heterocycles. The molecule has 0 radical (unpaired) electrons. The lowest BCUT2D eigenvalue weighted by molar-refractivity contribution is -0.301. The topological polar surface area (TPSA) is 178 Å². The number of hydrogen-bond donors (Lipinski definition) is 4. The third-order valence-electron chi connectivity index (χ3n) is 10.7. The van der Waals surface area contributed by atoms with Gasteiger partial charge < -0.3 is 34.3 Å². The number of esters is 1. The van der Waals surface area contributed by atoms with Crippen molar-refractivity contribution in [3.8, 4) is 0 Å². The van der Waals surface area contributed by atoms with Crippen LogP contribution in [0.2, 0.25) is 0 Å². The molecule has 0 saturated carbocycles. The van der Waals surface area contributed by atoms with E-state index in [1.165, 1.54) is 38.5 Å². The van der Waals surface area contributed by atoms with Crippen LogP contribution in [0.3, 0.4) is 0 Å². The van der Waals surface area contributed by atoms with E-state index < -0.39 is 59.8 Å². The van der Waals surface area contributed by atoms with Crippen molar-refractivity contribution in [3.63, 3.8) is 0 Å². The quantitative estimate of drug-likeness (QED) is 0.0197. The smallest absolute Gasteiger partial charge is 0.397 e. The Kier molecular flexibility index (Phi) is 40.1. The number of rotatable bonds is 42. The van der Waals surface area contributed by atoms with Crippen molar-refractivity contribution in [2.75, 3.05) is 26.4 Å². The third kappa shape index (κ3) is 36.1. The van der Waals surface area contributed by atoms with Gasteiger partial charge >= 0.3 is 16.4 Å². The predicted molar refractivity (Wildman–Crippen MR) is 266 cm³/mol. The number of aliphatic hydroxyl groups is 3. The van der Waals surface area contributed by atoms with Gasteiger partial charge in [0.1, 0.15) is 30.5 Å². The molecule has 0 aromatic heterocycles. The minimum absolute atomic E-state index is 0.00352. The fourth-order valence-corrected chi connectivity index (χ4v) is 7.45. The molecule has 1 rings (SSSR count). The predicted octanol–water partition coefficient (Wildman–Crippen LogP) is 11.4. The first-order valence-corrected chi connectivity index (χ1v) is 26.4. The zero-order valence-electron chi connectivity index (χ0n) is 40.5. The van der Waals surface area contributed by atoms with Gasteiger partial charge in [-0.25, -0.2) is 4.18 Å². The van der Waals surface area contributed by atoms with Crippen LogP contribution < -0.4 is 0 Å². The highest BCUT2D eigenvalue weighted by Gasteiger charge is 2.48. The zero-order valence-corrected chi connectivity index (χ0v) is 41.3. The summed E-state index contributed by atoms with van der Waals surface area (Å²) in [5.41, 5.74) is 0. The van der Waals surface area contributed by atoms with E-state index >= 15 is 0 Å². The molecule has 6 atom stereocenters. The van der Waals surface area contributed by atoms with Crippen molar-refractivity contribution < 1.29 is 56.2 Å². The number of carbonyl (C=O) groups is 1. The second kappa shape index (κ2) is 43.3. The van der Waals surface area contributed by atoms with Crippen LogP contribution in [0, 0.1) is 0 Å². The van der Waals surface area contributed by atoms with Crippen LogP contribution in [0.15, 0.2) is 97.2 Å². The van der Waals surface area contributed by atoms with Crippen molar-refractivity contribution in [2.45, 2.75) is 205 Å². The average Bonchev–Trinajstić information content (AvgIpc) is 3.29. The molecule has 1 aliphatic heterocycles. The van der Waals surface area contributed by atoms with Crippen molar-refractivity contribution in [1.29, 1.82) is 0 Å². The van der Waals surface area contributed by atoms with Gasteiger partial charge in [0.2, 0.25) is 0 Å². The monoisotopic (exact) mass is 949 g/mol.